The zero-order chi connectivity index (χ0) is 16.1. The molecule has 0 saturated carbocycles. The maximum Gasteiger partial charge on any atom is 0.146 e. The van der Waals surface area contributed by atoms with Gasteiger partial charge in [-0.1, -0.05) is 18.2 Å². The van der Waals surface area contributed by atoms with Crippen LogP contribution in [0.15, 0.2) is 42.5 Å². The van der Waals surface area contributed by atoms with Gasteiger partial charge in [-0.05, 0) is 35.4 Å². The molecular formula is C18H21F2N3. The predicted octanol–water partition coefficient (Wildman–Crippen LogP) is 2.66. The Morgan fingerprint density at radius 1 is 0.913 bits per heavy atom. The molecule has 1 fully saturated rings. The lowest BCUT2D eigenvalue weighted by Crippen LogP contribution is -2.43. The number of halogens is 2. The summed E-state index contributed by atoms with van der Waals surface area (Å²) >= 11 is 0. The number of nitrogens with zero attached hydrogens (tertiary/aromatic N) is 1. The highest BCUT2D eigenvalue weighted by Gasteiger charge is 2.14. The second kappa shape index (κ2) is 7.53. The molecule has 1 aliphatic heterocycles. The van der Waals surface area contributed by atoms with Crippen molar-refractivity contribution in [1.29, 1.82) is 0 Å². The summed E-state index contributed by atoms with van der Waals surface area (Å²) in [6.45, 7) is 4.71. The first-order valence-corrected chi connectivity index (χ1v) is 7.91. The smallest absolute Gasteiger partial charge is 0.146 e. The highest BCUT2D eigenvalue weighted by atomic mass is 19.1. The fourth-order valence-corrected chi connectivity index (χ4v) is 2.77. The van der Waals surface area contributed by atoms with Crippen molar-refractivity contribution >= 4 is 5.69 Å². The molecule has 0 unspecified atom stereocenters. The molecule has 0 aromatic heterocycles. The Bertz CT molecular complexity index is 637. The Morgan fingerprint density at radius 3 is 2.30 bits per heavy atom. The van der Waals surface area contributed by atoms with E-state index in [2.05, 4.69) is 15.5 Å². The first kappa shape index (κ1) is 15.9. The number of hydrogen-bond donors (Lipinski definition) is 2. The van der Waals surface area contributed by atoms with Crippen molar-refractivity contribution in [2.24, 2.45) is 0 Å². The summed E-state index contributed by atoms with van der Waals surface area (Å²) in [7, 11) is 0. The van der Waals surface area contributed by atoms with E-state index in [4.69, 9.17) is 0 Å². The quantitative estimate of drug-likeness (QED) is 0.888. The van der Waals surface area contributed by atoms with Gasteiger partial charge in [0, 0.05) is 39.3 Å². The number of hydrogen-bond acceptors (Lipinski definition) is 3. The summed E-state index contributed by atoms with van der Waals surface area (Å²) < 4.78 is 26.9. The topological polar surface area (TPSA) is 27.3 Å². The SMILES string of the molecule is Fc1ccc(CNCc2ccc(F)c(N3CCNCC3)c2)cc1. The van der Waals surface area contributed by atoms with Crippen molar-refractivity contribution in [1.82, 2.24) is 10.6 Å². The third-order valence-corrected chi connectivity index (χ3v) is 4.04. The summed E-state index contributed by atoms with van der Waals surface area (Å²) in [5.41, 5.74) is 2.74. The molecule has 2 aromatic carbocycles. The molecule has 1 saturated heterocycles. The Labute approximate surface area is 135 Å². The maximum atomic E-state index is 14.1. The number of piperazine rings is 1. The van der Waals surface area contributed by atoms with Gasteiger partial charge in [-0.3, -0.25) is 0 Å². The number of anilines is 1. The largest absolute Gasteiger partial charge is 0.367 e. The van der Waals surface area contributed by atoms with Crippen LogP contribution >= 0.6 is 0 Å². The van der Waals surface area contributed by atoms with Crippen molar-refractivity contribution in [3.8, 4) is 0 Å². The van der Waals surface area contributed by atoms with E-state index in [-0.39, 0.29) is 11.6 Å². The van der Waals surface area contributed by atoms with Crippen LogP contribution in [0.25, 0.3) is 0 Å². The summed E-state index contributed by atoms with van der Waals surface area (Å²) in [6, 6.07) is 11.7. The maximum absolute atomic E-state index is 14.1. The van der Waals surface area contributed by atoms with Gasteiger partial charge in [0.1, 0.15) is 11.6 Å². The van der Waals surface area contributed by atoms with Gasteiger partial charge in [0.05, 0.1) is 5.69 Å². The van der Waals surface area contributed by atoms with Crippen molar-refractivity contribution in [3.63, 3.8) is 0 Å². The lowest BCUT2D eigenvalue weighted by Gasteiger charge is -2.30. The fourth-order valence-electron chi connectivity index (χ4n) is 2.77. The van der Waals surface area contributed by atoms with E-state index in [1.165, 1.54) is 18.2 Å². The molecule has 122 valence electrons. The summed E-state index contributed by atoms with van der Waals surface area (Å²) in [5, 5.41) is 6.58. The second-order valence-corrected chi connectivity index (χ2v) is 5.75. The molecule has 0 bridgehead atoms. The van der Waals surface area contributed by atoms with Crippen molar-refractivity contribution < 1.29 is 8.78 Å². The predicted molar refractivity (Wildman–Crippen MR) is 88.4 cm³/mol. The lowest BCUT2D eigenvalue weighted by molar-refractivity contribution is 0.565. The van der Waals surface area contributed by atoms with Crippen LogP contribution in [0, 0.1) is 11.6 Å². The summed E-state index contributed by atoms with van der Waals surface area (Å²) in [4.78, 5) is 2.08. The summed E-state index contributed by atoms with van der Waals surface area (Å²) in [5.74, 6) is -0.401. The van der Waals surface area contributed by atoms with Crippen molar-refractivity contribution in [3.05, 3.63) is 65.2 Å². The van der Waals surface area contributed by atoms with Crippen LogP contribution in [0.3, 0.4) is 0 Å². The van der Waals surface area contributed by atoms with Crippen LogP contribution in [0.2, 0.25) is 0 Å². The van der Waals surface area contributed by atoms with E-state index in [1.807, 2.05) is 6.07 Å². The average Bonchev–Trinajstić information content (AvgIpc) is 2.59. The Kier molecular flexibility index (Phi) is 5.20. The van der Waals surface area contributed by atoms with E-state index < -0.39 is 0 Å². The Hall–Kier alpha value is -1.98. The molecule has 5 heteroatoms. The molecule has 0 atom stereocenters. The molecule has 3 nitrogen and oxygen atoms in total. The van der Waals surface area contributed by atoms with Crippen LogP contribution < -0.4 is 15.5 Å². The molecule has 0 amide bonds. The normalized spacial score (nSPS) is 15.0. The molecule has 2 N–H and O–H groups in total. The number of rotatable bonds is 5. The second-order valence-electron chi connectivity index (χ2n) is 5.75. The van der Waals surface area contributed by atoms with E-state index in [0.29, 0.717) is 18.8 Å². The van der Waals surface area contributed by atoms with Crippen LogP contribution in [0.4, 0.5) is 14.5 Å². The molecule has 0 spiro atoms. The molecule has 0 radical (unpaired) electrons. The first-order chi connectivity index (χ1) is 11.2. The number of benzene rings is 2. The van der Waals surface area contributed by atoms with Gasteiger partial charge in [-0.15, -0.1) is 0 Å². The molecule has 23 heavy (non-hydrogen) atoms. The lowest BCUT2D eigenvalue weighted by atomic mass is 10.1. The van der Waals surface area contributed by atoms with Crippen LogP contribution in [-0.2, 0) is 13.1 Å². The van der Waals surface area contributed by atoms with Gasteiger partial charge in [-0.2, -0.15) is 0 Å². The Balaban J connectivity index is 1.60. The molecule has 0 aliphatic carbocycles. The zero-order valence-electron chi connectivity index (χ0n) is 13.0. The van der Waals surface area contributed by atoms with Crippen LogP contribution in [0.1, 0.15) is 11.1 Å². The molecule has 1 heterocycles. The van der Waals surface area contributed by atoms with Crippen LogP contribution in [-0.4, -0.2) is 26.2 Å². The monoisotopic (exact) mass is 317 g/mol. The van der Waals surface area contributed by atoms with Gasteiger partial charge < -0.3 is 15.5 Å². The molecule has 2 aromatic rings. The molecular weight excluding hydrogens is 296 g/mol. The summed E-state index contributed by atoms with van der Waals surface area (Å²) in [6.07, 6.45) is 0. The zero-order valence-corrected chi connectivity index (χ0v) is 13.0. The van der Waals surface area contributed by atoms with Gasteiger partial charge >= 0.3 is 0 Å². The van der Waals surface area contributed by atoms with Gasteiger partial charge in [0.25, 0.3) is 0 Å². The molecule has 1 aliphatic rings. The first-order valence-electron chi connectivity index (χ1n) is 7.91. The van der Waals surface area contributed by atoms with Crippen LogP contribution in [0.5, 0.6) is 0 Å². The minimum Gasteiger partial charge on any atom is -0.367 e. The number of nitrogens with one attached hydrogen (secondary N) is 2. The molecule has 3 rings (SSSR count). The van der Waals surface area contributed by atoms with Gasteiger partial charge in [-0.25, -0.2) is 8.78 Å². The minimum atomic E-state index is -0.229. The standard InChI is InChI=1S/C18H21F2N3/c19-16-4-1-14(2-5-16)12-22-13-15-3-6-17(20)18(11-15)23-9-7-21-8-10-23/h1-6,11,21-22H,7-10,12-13H2. The van der Waals surface area contributed by atoms with E-state index in [0.717, 1.165) is 37.3 Å². The van der Waals surface area contributed by atoms with E-state index >= 15 is 0 Å². The Morgan fingerprint density at radius 2 is 1.57 bits per heavy atom. The van der Waals surface area contributed by atoms with E-state index in [1.54, 1.807) is 18.2 Å². The fraction of sp³-hybridized carbons (Fsp3) is 0.333. The van der Waals surface area contributed by atoms with E-state index in [9.17, 15) is 8.78 Å². The van der Waals surface area contributed by atoms with Crippen molar-refractivity contribution in [2.45, 2.75) is 13.1 Å². The van der Waals surface area contributed by atoms with Crippen molar-refractivity contribution in [2.75, 3.05) is 31.1 Å². The van der Waals surface area contributed by atoms with Gasteiger partial charge in [0.2, 0.25) is 0 Å². The third-order valence-electron chi connectivity index (χ3n) is 4.04. The highest BCUT2D eigenvalue weighted by Crippen LogP contribution is 2.21. The average molecular weight is 317 g/mol. The minimum absolute atomic E-state index is 0.172. The van der Waals surface area contributed by atoms with Gasteiger partial charge in [0.15, 0.2) is 0 Å². The third kappa shape index (κ3) is 4.27. The highest BCUT2D eigenvalue weighted by molar-refractivity contribution is 5.50.